The molecule has 0 aromatic carbocycles. The molecular weight excluding hydrogens is 408 g/mol. The molecule has 0 bridgehead atoms. The Morgan fingerprint density at radius 3 is 2.42 bits per heavy atom. The van der Waals surface area contributed by atoms with E-state index in [0.29, 0.717) is 0 Å². The third-order valence-corrected chi connectivity index (χ3v) is 7.40. The van der Waals surface area contributed by atoms with E-state index in [-0.39, 0.29) is 12.1 Å². The summed E-state index contributed by atoms with van der Waals surface area (Å²) in [5, 5.41) is 0.750. The molecule has 0 amide bonds. The second kappa shape index (κ2) is 8.41. The molecule has 3 aromatic rings. The van der Waals surface area contributed by atoms with Crippen LogP contribution in [0.25, 0.3) is 5.65 Å². The van der Waals surface area contributed by atoms with Gasteiger partial charge < -0.3 is 9.80 Å². The van der Waals surface area contributed by atoms with Gasteiger partial charge in [-0.25, -0.2) is 4.98 Å². The summed E-state index contributed by atoms with van der Waals surface area (Å²) in [7, 11) is 4.38. The van der Waals surface area contributed by atoms with Crippen molar-refractivity contribution < 1.29 is 0 Å². The molecule has 2 fully saturated rings. The van der Waals surface area contributed by atoms with E-state index >= 15 is 0 Å². The van der Waals surface area contributed by atoms with Crippen LogP contribution in [0.15, 0.2) is 36.5 Å². The SMILES string of the molecule is Cc1cccnc1[C@H]1CCC[C@@H](c2nc3cccc(N4CCN(C)CC4)n3c2Cl)N1C. The number of piperidine rings is 1. The Balaban J connectivity index is 1.51. The van der Waals surface area contributed by atoms with Crippen LogP contribution in [0.2, 0.25) is 5.15 Å². The Morgan fingerprint density at radius 1 is 0.935 bits per heavy atom. The summed E-state index contributed by atoms with van der Waals surface area (Å²) >= 11 is 7.05. The number of imidazole rings is 1. The van der Waals surface area contributed by atoms with E-state index in [1.807, 2.05) is 12.3 Å². The van der Waals surface area contributed by atoms with Gasteiger partial charge in [0.2, 0.25) is 0 Å². The van der Waals surface area contributed by atoms with E-state index in [9.17, 15) is 0 Å². The van der Waals surface area contributed by atoms with Crippen molar-refractivity contribution in [2.45, 2.75) is 38.3 Å². The molecule has 5 rings (SSSR count). The first-order chi connectivity index (χ1) is 15.0. The monoisotopic (exact) mass is 438 g/mol. The molecule has 2 aliphatic heterocycles. The second-order valence-corrected chi connectivity index (χ2v) is 9.35. The van der Waals surface area contributed by atoms with E-state index in [0.717, 1.165) is 67.8 Å². The number of piperazine rings is 1. The predicted molar refractivity (Wildman–Crippen MR) is 126 cm³/mol. The Labute approximate surface area is 189 Å². The summed E-state index contributed by atoms with van der Waals surface area (Å²) < 4.78 is 2.14. The third kappa shape index (κ3) is 3.71. The van der Waals surface area contributed by atoms with E-state index in [4.69, 9.17) is 21.6 Å². The molecule has 2 aliphatic rings. The van der Waals surface area contributed by atoms with Gasteiger partial charge in [0.1, 0.15) is 16.6 Å². The van der Waals surface area contributed by atoms with Crippen molar-refractivity contribution in [2.75, 3.05) is 45.2 Å². The summed E-state index contributed by atoms with van der Waals surface area (Å²) in [4.78, 5) is 17.0. The zero-order chi connectivity index (χ0) is 21.5. The highest BCUT2D eigenvalue weighted by Crippen LogP contribution is 2.42. The van der Waals surface area contributed by atoms with Gasteiger partial charge in [0.15, 0.2) is 0 Å². The van der Waals surface area contributed by atoms with Gasteiger partial charge in [0.05, 0.1) is 23.5 Å². The number of likely N-dealkylation sites (N-methyl/N-ethyl adjacent to an activating group) is 1. The molecule has 2 saturated heterocycles. The van der Waals surface area contributed by atoms with Crippen LogP contribution in [-0.4, -0.2) is 64.4 Å². The van der Waals surface area contributed by atoms with Gasteiger partial charge in [-0.2, -0.15) is 0 Å². The molecule has 0 spiro atoms. The summed E-state index contributed by atoms with van der Waals surface area (Å²) in [6.07, 6.45) is 5.22. The summed E-state index contributed by atoms with van der Waals surface area (Å²) in [5.74, 6) is 1.14. The highest BCUT2D eigenvalue weighted by molar-refractivity contribution is 6.30. The van der Waals surface area contributed by atoms with Crippen molar-refractivity contribution in [3.05, 3.63) is 58.6 Å². The van der Waals surface area contributed by atoms with E-state index in [1.54, 1.807) is 0 Å². The number of anilines is 1. The lowest BCUT2D eigenvalue weighted by atomic mass is 9.91. The van der Waals surface area contributed by atoms with E-state index in [2.05, 4.69) is 64.4 Å². The predicted octanol–water partition coefficient (Wildman–Crippen LogP) is 4.34. The molecular formula is C24H31ClN6. The highest BCUT2D eigenvalue weighted by Gasteiger charge is 2.34. The molecule has 7 heteroatoms. The largest absolute Gasteiger partial charge is 0.355 e. The average molecular weight is 439 g/mol. The number of aromatic nitrogens is 3. The lowest BCUT2D eigenvalue weighted by Gasteiger charge is -2.39. The molecule has 5 heterocycles. The maximum atomic E-state index is 7.05. The van der Waals surface area contributed by atoms with Gasteiger partial charge in [-0.3, -0.25) is 14.3 Å². The fourth-order valence-corrected chi connectivity index (χ4v) is 5.53. The summed E-state index contributed by atoms with van der Waals surface area (Å²) in [6, 6.07) is 11.0. The van der Waals surface area contributed by atoms with Crippen molar-refractivity contribution in [2.24, 2.45) is 0 Å². The smallest absolute Gasteiger partial charge is 0.139 e. The molecule has 0 aliphatic carbocycles. The molecule has 0 unspecified atom stereocenters. The average Bonchev–Trinajstić information content (AvgIpc) is 3.12. The zero-order valence-corrected chi connectivity index (χ0v) is 19.4. The lowest BCUT2D eigenvalue weighted by molar-refractivity contribution is 0.109. The molecule has 0 saturated carbocycles. The Hall–Kier alpha value is -2.15. The first-order valence-electron chi connectivity index (χ1n) is 11.3. The molecule has 0 radical (unpaired) electrons. The molecule has 31 heavy (non-hydrogen) atoms. The van der Waals surface area contributed by atoms with Gasteiger partial charge in [0.25, 0.3) is 0 Å². The summed E-state index contributed by atoms with van der Waals surface area (Å²) in [5.41, 5.74) is 4.34. The molecule has 6 nitrogen and oxygen atoms in total. The van der Waals surface area contributed by atoms with Gasteiger partial charge in [0, 0.05) is 32.4 Å². The molecule has 164 valence electrons. The van der Waals surface area contributed by atoms with Crippen molar-refractivity contribution in [1.29, 1.82) is 0 Å². The number of aryl methyl sites for hydroxylation is 1. The minimum atomic E-state index is 0.188. The minimum Gasteiger partial charge on any atom is -0.355 e. The maximum absolute atomic E-state index is 7.05. The highest BCUT2D eigenvalue weighted by atomic mass is 35.5. The zero-order valence-electron chi connectivity index (χ0n) is 18.6. The number of nitrogens with zero attached hydrogens (tertiary/aromatic N) is 6. The van der Waals surface area contributed by atoms with Crippen LogP contribution in [0, 0.1) is 6.92 Å². The van der Waals surface area contributed by atoms with Crippen molar-refractivity contribution >= 4 is 23.1 Å². The van der Waals surface area contributed by atoms with Crippen LogP contribution in [0.5, 0.6) is 0 Å². The van der Waals surface area contributed by atoms with Crippen LogP contribution in [-0.2, 0) is 0 Å². The Morgan fingerprint density at radius 2 is 1.68 bits per heavy atom. The summed E-state index contributed by atoms with van der Waals surface area (Å²) in [6.45, 7) is 6.28. The first-order valence-corrected chi connectivity index (χ1v) is 11.7. The van der Waals surface area contributed by atoms with Crippen LogP contribution < -0.4 is 4.90 Å². The number of fused-ring (bicyclic) bond motifs is 1. The quantitative estimate of drug-likeness (QED) is 0.608. The Kier molecular flexibility index (Phi) is 5.63. The number of pyridine rings is 2. The second-order valence-electron chi connectivity index (χ2n) is 8.99. The Bertz CT molecular complexity index is 1070. The van der Waals surface area contributed by atoms with Crippen LogP contribution in [0.4, 0.5) is 5.82 Å². The topological polar surface area (TPSA) is 39.9 Å². The van der Waals surface area contributed by atoms with E-state index in [1.165, 1.54) is 11.3 Å². The van der Waals surface area contributed by atoms with Crippen molar-refractivity contribution in [3.63, 3.8) is 0 Å². The fraction of sp³-hybridized carbons (Fsp3) is 0.500. The number of halogens is 1. The lowest BCUT2D eigenvalue weighted by Crippen LogP contribution is -2.45. The standard InChI is InChI=1S/C24H31ClN6/c1-17-7-6-12-26-22(17)18-8-4-9-19(29(18)3)23-24(25)31-20(27-23)10-5-11-21(31)30-15-13-28(2)14-16-30/h5-7,10-12,18-19H,4,8-9,13-16H2,1-3H3/t18-,19+/m1/s1. The van der Waals surface area contributed by atoms with Crippen LogP contribution >= 0.6 is 11.6 Å². The van der Waals surface area contributed by atoms with Gasteiger partial charge in [-0.1, -0.05) is 23.7 Å². The van der Waals surface area contributed by atoms with Crippen molar-refractivity contribution in [1.82, 2.24) is 24.2 Å². The number of hydrogen-bond acceptors (Lipinski definition) is 5. The number of rotatable bonds is 3. The first kappa shape index (κ1) is 20.7. The van der Waals surface area contributed by atoms with Gasteiger partial charge in [-0.05, 0) is 64.0 Å². The van der Waals surface area contributed by atoms with E-state index < -0.39 is 0 Å². The van der Waals surface area contributed by atoms with Crippen molar-refractivity contribution in [3.8, 4) is 0 Å². The van der Waals surface area contributed by atoms with Gasteiger partial charge in [-0.15, -0.1) is 0 Å². The molecule has 3 aromatic heterocycles. The number of likely N-dealkylation sites (tertiary alicyclic amines) is 1. The van der Waals surface area contributed by atoms with Crippen LogP contribution in [0.3, 0.4) is 0 Å². The minimum absolute atomic E-state index is 0.188. The number of hydrogen-bond donors (Lipinski definition) is 0. The van der Waals surface area contributed by atoms with Gasteiger partial charge >= 0.3 is 0 Å². The molecule has 2 atom stereocenters. The van der Waals surface area contributed by atoms with Crippen LogP contribution in [0.1, 0.15) is 48.3 Å². The normalized spacial score (nSPS) is 23.5. The fourth-order valence-electron chi connectivity index (χ4n) is 5.19. The molecule has 0 N–H and O–H groups in total. The third-order valence-electron chi connectivity index (χ3n) is 7.04. The maximum Gasteiger partial charge on any atom is 0.139 e.